The van der Waals surface area contributed by atoms with Gasteiger partial charge in [0.15, 0.2) is 0 Å². The molecule has 19 heavy (non-hydrogen) atoms. The van der Waals surface area contributed by atoms with Crippen LogP contribution in [-0.2, 0) is 6.54 Å². The topological polar surface area (TPSA) is 35.5 Å². The minimum Gasteiger partial charge on any atom is -0.390 e. The van der Waals surface area contributed by atoms with Gasteiger partial charge in [-0.15, -0.1) is 11.3 Å². The van der Waals surface area contributed by atoms with Gasteiger partial charge in [0.05, 0.1) is 6.10 Å². The second-order valence-corrected chi connectivity index (χ2v) is 7.41. The molecule has 2 heterocycles. The molecule has 1 aliphatic heterocycles. The van der Waals surface area contributed by atoms with Crippen LogP contribution in [0.2, 0.25) is 0 Å². The highest BCUT2D eigenvalue weighted by Gasteiger charge is 2.17. The standard InChI is InChI=1S/C14H23BrN2OS/c1-11-2-4-17(5-3-11)9-13(18)7-16-8-14-6-12(15)10-19-14/h6,10-11,13,16,18H,2-5,7-9H2,1H3. The van der Waals surface area contributed by atoms with E-state index < -0.39 is 0 Å². The quantitative estimate of drug-likeness (QED) is 0.831. The maximum absolute atomic E-state index is 10.0. The number of hydrogen-bond donors (Lipinski definition) is 2. The SMILES string of the molecule is CC1CCN(CC(O)CNCc2cc(Br)cs2)CC1. The van der Waals surface area contributed by atoms with E-state index >= 15 is 0 Å². The van der Waals surface area contributed by atoms with Gasteiger partial charge in [-0.25, -0.2) is 0 Å². The summed E-state index contributed by atoms with van der Waals surface area (Å²) in [5.41, 5.74) is 0. The number of nitrogens with zero attached hydrogens (tertiary/aromatic N) is 1. The van der Waals surface area contributed by atoms with E-state index in [4.69, 9.17) is 0 Å². The van der Waals surface area contributed by atoms with Crippen LogP contribution in [0.3, 0.4) is 0 Å². The van der Waals surface area contributed by atoms with E-state index in [2.05, 4.69) is 44.5 Å². The Morgan fingerprint density at radius 2 is 2.26 bits per heavy atom. The van der Waals surface area contributed by atoms with Crippen molar-refractivity contribution in [1.82, 2.24) is 10.2 Å². The van der Waals surface area contributed by atoms with E-state index in [9.17, 15) is 5.11 Å². The average Bonchev–Trinajstić information content (AvgIpc) is 2.78. The lowest BCUT2D eigenvalue weighted by molar-refractivity contribution is 0.0907. The normalized spacial score (nSPS) is 19.7. The van der Waals surface area contributed by atoms with Gasteiger partial charge in [-0.05, 0) is 53.8 Å². The van der Waals surface area contributed by atoms with Gasteiger partial charge in [0.2, 0.25) is 0 Å². The summed E-state index contributed by atoms with van der Waals surface area (Å²) < 4.78 is 1.14. The number of likely N-dealkylation sites (tertiary alicyclic amines) is 1. The van der Waals surface area contributed by atoms with E-state index in [1.165, 1.54) is 17.7 Å². The number of hydrogen-bond acceptors (Lipinski definition) is 4. The van der Waals surface area contributed by atoms with Crippen molar-refractivity contribution in [3.05, 3.63) is 20.8 Å². The number of nitrogens with one attached hydrogen (secondary N) is 1. The van der Waals surface area contributed by atoms with Gasteiger partial charge in [0.25, 0.3) is 0 Å². The molecule has 1 unspecified atom stereocenters. The number of piperidine rings is 1. The summed E-state index contributed by atoms with van der Waals surface area (Å²) in [7, 11) is 0. The molecule has 1 aromatic rings. The number of halogens is 1. The van der Waals surface area contributed by atoms with Crippen molar-refractivity contribution in [3.63, 3.8) is 0 Å². The van der Waals surface area contributed by atoms with Gasteiger partial charge in [-0.1, -0.05) is 6.92 Å². The number of β-amino-alcohol motifs (C(OH)–C–C–N with tert-alkyl or cyclic N) is 1. The van der Waals surface area contributed by atoms with Gasteiger partial charge < -0.3 is 15.3 Å². The van der Waals surface area contributed by atoms with Crippen LogP contribution in [0, 0.1) is 5.92 Å². The third-order valence-corrected chi connectivity index (χ3v) is 5.34. The first kappa shape index (κ1) is 15.4. The Labute approximate surface area is 128 Å². The van der Waals surface area contributed by atoms with Gasteiger partial charge in [-0.2, -0.15) is 0 Å². The second kappa shape index (κ2) is 7.74. The lowest BCUT2D eigenvalue weighted by Gasteiger charge is -2.31. The fourth-order valence-corrected chi connectivity index (χ4v) is 3.84. The molecule has 1 aliphatic rings. The highest BCUT2D eigenvalue weighted by atomic mass is 79.9. The van der Waals surface area contributed by atoms with E-state index in [1.807, 2.05) is 0 Å². The van der Waals surface area contributed by atoms with Crippen LogP contribution in [-0.4, -0.2) is 42.3 Å². The first-order valence-corrected chi connectivity index (χ1v) is 8.65. The predicted octanol–water partition coefficient (Wildman–Crippen LogP) is 2.69. The molecule has 2 rings (SSSR count). The minimum absolute atomic E-state index is 0.267. The van der Waals surface area contributed by atoms with E-state index in [1.54, 1.807) is 11.3 Å². The average molecular weight is 347 g/mol. The zero-order valence-corrected chi connectivity index (χ0v) is 13.8. The predicted molar refractivity (Wildman–Crippen MR) is 84.6 cm³/mol. The second-order valence-electron chi connectivity index (χ2n) is 5.50. The van der Waals surface area contributed by atoms with Crippen LogP contribution in [0.4, 0.5) is 0 Å². The van der Waals surface area contributed by atoms with Gasteiger partial charge in [0.1, 0.15) is 0 Å². The van der Waals surface area contributed by atoms with E-state index in [-0.39, 0.29) is 6.10 Å². The van der Waals surface area contributed by atoms with Crippen molar-refractivity contribution < 1.29 is 5.11 Å². The summed E-state index contributed by atoms with van der Waals surface area (Å²) in [5.74, 6) is 0.851. The summed E-state index contributed by atoms with van der Waals surface area (Å²) in [6, 6.07) is 2.12. The first-order valence-electron chi connectivity index (χ1n) is 6.97. The van der Waals surface area contributed by atoms with Crippen LogP contribution in [0.5, 0.6) is 0 Å². The molecule has 1 saturated heterocycles. The van der Waals surface area contributed by atoms with Gasteiger partial charge in [0, 0.05) is 34.4 Å². The van der Waals surface area contributed by atoms with Crippen LogP contribution in [0.25, 0.3) is 0 Å². The fraction of sp³-hybridized carbons (Fsp3) is 0.714. The Balaban J connectivity index is 1.60. The van der Waals surface area contributed by atoms with Gasteiger partial charge in [-0.3, -0.25) is 0 Å². The molecular formula is C14H23BrN2OS. The van der Waals surface area contributed by atoms with Crippen molar-refractivity contribution >= 4 is 27.3 Å². The summed E-state index contributed by atoms with van der Waals surface area (Å²) in [6.07, 6.45) is 2.27. The molecule has 1 atom stereocenters. The first-order chi connectivity index (χ1) is 9.13. The fourth-order valence-electron chi connectivity index (χ4n) is 2.42. The molecule has 0 aliphatic carbocycles. The third kappa shape index (κ3) is 5.52. The van der Waals surface area contributed by atoms with Crippen LogP contribution in [0.1, 0.15) is 24.6 Å². The Hall–Kier alpha value is 0.0600. The lowest BCUT2D eigenvalue weighted by atomic mass is 9.99. The number of aliphatic hydroxyl groups is 1. The summed E-state index contributed by atoms with van der Waals surface area (Å²) in [6.45, 7) is 6.89. The molecule has 1 aromatic heterocycles. The van der Waals surface area contributed by atoms with E-state index in [0.29, 0.717) is 6.54 Å². The summed E-state index contributed by atoms with van der Waals surface area (Å²) in [5, 5.41) is 15.5. The number of rotatable bonds is 6. The molecule has 0 bridgehead atoms. The van der Waals surface area contributed by atoms with E-state index in [0.717, 1.165) is 36.6 Å². The molecule has 2 N–H and O–H groups in total. The minimum atomic E-state index is -0.267. The van der Waals surface area contributed by atoms with Crippen molar-refractivity contribution in [2.75, 3.05) is 26.2 Å². The van der Waals surface area contributed by atoms with Crippen molar-refractivity contribution in [1.29, 1.82) is 0 Å². The third-order valence-electron chi connectivity index (χ3n) is 3.65. The molecule has 0 aromatic carbocycles. The maximum atomic E-state index is 10.0. The number of aliphatic hydroxyl groups excluding tert-OH is 1. The van der Waals surface area contributed by atoms with Gasteiger partial charge >= 0.3 is 0 Å². The molecule has 5 heteroatoms. The Morgan fingerprint density at radius 3 is 2.89 bits per heavy atom. The molecular weight excluding hydrogens is 324 g/mol. The van der Waals surface area contributed by atoms with Crippen molar-refractivity contribution in [2.45, 2.75) is 32.4 Å². The Bertz CT molecular complexity index is 377. The summed E-state index contributed by atoms with van der Waals surface area (Å²) in [4.78, 5) is 3.68. The Morgan fingerprint density at radius 1 is 1.53 bits per heavy atom. The van der Waals surface area contributed by atoms with Crippen molar-refractivity contribution in [3.8, 4) is 0 Å². The molecule has 0 saturated carbocycles. The zero-order chi connectivity index (χ0) is 13.7. The smallest absolute Gasteiger partial charge is 0.0791 e. The molecule has 1 fully saturated rings. The van der Waals surface area contributed by atoms with Crippen molar-refractivity contribution in [2.24, 2.45) is 5.92 Å². The highest BCUT2D eigenvalue weighted by Crippen LogP contribution is 2.19. The monoisotopic (exact) mass is 346 g/mol. The molecule has 0 amide bonds. The largest absolute Gasteiger partial charge is 0.390 e. The maximum Gasteiger partial charge on any atom is 0.0791 e. The highest BCUT2D eigenvalue weighted by molar-refractivity contribution is 9.10. The van der Waals surface area contributed by atoms with Crippen LogP contribution < -0.4 is 5.32 Å². The van der Waals surface area contributed by atoms with Crippen LogP contribution >= 0.6 is 27.3 Å². The molecule has 0 radical (unpaired) electrons. The summed E-state index contributed by atoms with van der Waals surface area (Å²) >= 11 is 5.19. The zero-order valence-electron chi connectivity index (χ0n) is 11.4. The lowest BCUT2D eigenvalue weighted by Crippen LogP contribution is -2.41. The van der Waals surface area contributed by atoms with Crippen LogP contribution in [0.15, 0.2) is 15.9 Å². The molecule has 3 nitrogen and oxygen atoms in total. The molecule has 108 valence electrons. The molecule has 0 spiro atoms. The Kier molecular flexibility index (Phi) is 6.29. The number of thiophene rings is 1.